The molecule has 22 heavy (non-hydrogen) atoms. The van der Waals surface area contributed by atoms with Gasteiger partial charge < -0.3 is 4.90 Å². The summed E-state index contributed by atoms with van der Waals surface area (Å²) in [5.74, 6) is 1.63. The Hall–Kier alpha value is -1.42. The van der Waals surface area contributed by atoms with Crippen molar-refractivity contribution in [2.45, 2.75) is 31.7 Å². The summed E-state index contributed by atoms with van der Waals surface area (Å²) >= 11 is 0. The number of ketones is 1. The molecule has 3 fully saturated rings. The minimum Gasteiger partial charge on any atom is -0.369 e. The number of fused-ring (bicyclic) bond motifs is 1. The van der Waals surface area contributed by atoms with Crippen LogP contribution < -0.4 is 4.90 Å². The Morgan fingerprint density at radius 3 is 2.09 bits per heavy atom. The Kier molecular flexibility index (Phi) is 3.65. The molecular formula is C18H23FN2O. The number of hydrogen-bond donors (Lipinski definition) is 0. The van der Waals surface area contributed by atoms with E-state index in [0.717, 1.165) is 44.7 Å². The van der Waals surface area contributed by atoms with Gasteiger partial charge in [-0.1, -0.05) is 0 Å². The first-order valence-electron chi connectivity index (χ1n) is 8.45. The van der Waals surface area contributed by atoms with Crippen molar-refractivity contribution in [2.24, 2.45) is 11.8 Å². The van der Waals surface area contributed by atoms with Crippen molar-refractivity contribution in [2.75, 3.05) is 31.1 Å². The molecular weight excluding hydrogens is 279 g/mol. The molecule has 3 aliphatic rings. The number of rotatable bonds is 2. The van der Waals surface area contributed by atoms with E-state index >= 15 is 0 Å². The zero-order valence-corrected chi connectivity index (χ0v) is 12.9. The number of hydrogen-bond acceptors (Lipinski definition) is 3. The van der Waals surface area contributed by atoms with Crippen LogP contribution in [0.4, 0.5) is 10.1 Å². The van der Waals surface area contributed by atoms with Gasteiger partial charge in [0, 0.05) is 50.7 Å². The highest BCUT2D eigenvalue weighted by atomic mass is 19.1. The molecule has 4 heteroatoms. The molecule has 2 saturated carbocycles. The first-order valence-corrected chi connectivity index (χ1v) is 8.45. The van der Waals surface area contributed by atoms with Crippen molar-refractivity contribution < 1.29 is 9.18 Å². The third kappa shape index (κ3) is 2.65. The lowest BCUT2D eigenvalue weighted by Gasteiger charge is -2.39. The number of nitrogens with zero attached hydrogens (tertiary/aromatic N) is 2. The van der Waals surface area contributed by atoms with Crippen LogP contribution in [0.25, 0.3) is 0 Å². The fourth-order valence-electron chi connectivity index (χ4n) is 4.64. The van der Waals surface area contributed by atoms with Crippen molar-refractivity contribution >= 4 is 11.5 Å². The fourth-order valence-corrected chi connectivity index (χ4v) is 4.64. The SMILES string of the molecule is O=C1CC2CC(N3CCN(c4ccc(F)cc4)CC3)CC2C1. The van der Waals surface area contributed by atoms with Crippen molar-refractivity contribution in [3.8, 4) is 0 Å². The summed E-state index contributed by atoms with van der Waals surface area (Å²) in [5.41, 5.74) is 1.12. The van der Waals surface area contributed by atoms with Gasteiger partial charge in [0.2, 0.25) is 0 Å². The van der Waals surface area contributed by atoms with Crippen molar-refractivity contribution in [1.82, 2.24) is 4.90 Å². The number of anilines is 1. The predicted molar refractivity (Wildman–Crippen MR) is 84.4 cm³/mol. The van der Waals surface area contributed by atoms with Gasteiger partial charge in [0.25, 0.3) is 0 Å². The second-order valence-electron chi connectivity index (χ2n) is 7.09. The molecule has 0 N–H and O–H groups in total. The van der Waals surface area contributed by atoms with E-state index in [1.165, 1.54) is 25.0 Å². The number of carbonyl (C=O) groups excluding carboxylic acids is 1. The molecule has 118 valence electrons. The minimum atomic E-state index is -0.172. The van der Waals surface area contributed by atoms with Crippen LogP contribution in [0.5, 0.6) is 0 Å². The van der Waals surface area contributed by atoms with E-state index in [1.807, 2.05) is 12.1 Å². The zero-order valence-electron chi connectivity index (χ0n) is 12.9. The molecule has 0 radical (unpaired) electrons. The monoisotopic (exact) mass is 302 g/mol. The average molecular weight is 302 g/mol. The molecule has 2 unspecified atom stereocenters. The highest BCUT2D eigenvalue weighted by Gasteiger charge is 2.43. The molecule has 0 bridgehead atoms. The number of carbonyl (C=O) groups is 1. The average Bonchev–Trinajstić information content (AvgIpc) is 3.05. The topological polar surface area (TPSA) is 23.6 Å². The molecule has 2 aliphatic carbocycles. The van der Waals surface area contributed by atoms with Gasteiger partial charge in [-0.25, -0.2) is 4.39 Å². The van der Waals surface area contributed by atoms with Gasteiger partial charge in [0.1, 0.15) is 11.6 Å². The number of Topliss-reactive ketones (excluding diaryl/α,β-unsaturated/α-hetero) is 1. The molecule has 1 aliphatic heterocycles. The van der Waals surface area contributed by atoms with Crippen LogP contribution in [0.15, 0.2) is 24.3 Å². The summed E-state index contributed by atoms with van der Waals surface area (Å²) in [4.78, 5) is 16.5. The summed E-state index contributed by atoms with van der Waals surface area (Å²) in [7, 11) is 0. The summed E-state index contributed by atoms with van der Waals surface area (Å²) in [6.45, 7) is 4.18. The van der Waals surface area contributed by atoms with Crippen molar-refractivity contribution in [3.63, 3.8) is 0 Å². The molecule has 4 rings (SSSR count). The van der Waals surface area contributed by atoms with Crippen LogP contribution in [-0.2, 0) is 4.79 Å². The summed E-state index contributed by atoms with van der Waals surface area (Å²) in [5, 5.41) is 0. The Labute approximate surface area is 131 Å². The molecule has 1 aromatic carbocycles. The third-order valence-corrected chi connectivity index (χ3v) is 5.82. The molecule has 3 nitrogen and oxygen atoms in total. The van der Waals surface area contributed by atoms with Gasteiger partial charge in [-0.3, -0.25) is 9.69 Å². The van der Waals surface area contributed by atoms with E-state index in [0.29, 0.717) is 23.7 Å². The van der Waals surface area contributed by atoms with E-state index in [2.05, 4.69) is 9.80 Å². The molecule has 1 aromatic rings. The largest absolute Gasteiger partial charge is 0.369 e. The maximum atomic E-state index is 13.0. The smallest absolute Gasteiger partial charge is 0.133 e. The first kappa shape index (κ1) is 14.2. The normalized spacial score (nSPS) is 32.5. The summed E-state index contributed by atoms with van der Waals surface area (Å²) < 4.78 is 13.0. The number of halogens is 1. The molecule has 2 atom stereocenters. The third-order valence-electron chi connectivity index (χ3n) is 5.82. The maximum Gasteiger partial charge on any atom is 0.133 e. The van der Waals surface area contributed by atoms with E-state index < -0.39 is 0 Å². The van der Waals surface area contributed by atoms with E-state index in [4.69, 9.17) is 0 Å². The van der Waals surface area contributed by atoms with Gasteiger partial charge in [-0.15, -0.1) is 0 Å². The van der Waals surface area contributed by atoms with Crippen molar-refractivity contribution in [3.05, 3.63) is 30.1 Å². The van der Waals surface area contributed by atoms with Crippen LogP contribution in [-0.4, -0.2) is 42.9 Å². The highest BCUT2D eigenvalue weighted by Crippen LogP contribution is 2.44. The van der Waals surface area contributed by atoms with Gasteiger partial charge >= 0.3 is 0 Å². The van der Waals surface area contributed by atoms with Crippen LogP contribution in [0.1, 0.15) is 25.7 Å². The van der Waals surface area contributed by atoms with Gasteiger partial charge in [-0.2, -0.15) is 0 Å². The van der Waals surface area contributed by atoms with Crippen LogP contribution in [0.2, 0.25) is 0 Å². The van der Waals surface area contributed by atoms with Crippen LogP contribution in [0, 0.1) is 17.7 Å². The highest BCUT2D eigenvalue weighted by molar-refractivity contribution is 5.81. The van der Waals surface area contributed by atoms with Gasteiger partial charge in [0.05, 0.1) is 0 Å². The quantitative estimate of drug-likeness (QED) is 0.839. The zero-order chi connectivity index (χ0) is 15.1. The lowest BCUT2D eigenvalue weighted by Crippen LogP contribution is -2.50. The summed E-state index contributed by atoms with van der Waals surface area (Å²) in [6, 6.07) is 7.50. The first-order chi connectivity index (χ1) is 10.7. The second-order valence-corrected chi connectivity index (χ2v) is 7.09. The predicted octanol–water partition coefficient (Wildman–Crippen LogP) is 2.71. The Balaban J connectivity index is 1.33. The summed E-state index contributed by atoms with van der Waals surface area (Å²) in [6.07, 6.45) is 4.09. The number of piperazine rings is 1. The molecule has 1 heterocycles. The van der Waals surface area contributed by atoms with E-state index in [-0.39, 0.29) is 5.82 Å². The van der Waals surface area contributed by atoms with E-state index in [1.54, 1.807) is 0 Å². The lowest BCUT2D eigenvalue weighted by atomic mass is 10.0. The maximum absolute atomic E-state index is 13.0. The standard InChI is InChI=1S/C18H23FN2O/c19-15-1-3-16(4-2-15)20-5-7-21(8-6-20)17-9-13-11-18(22)12-14(13)10-17/h1-4,13-14,17H,5-12H2. The number of benzene rings is 1. The Bertz CT molecular complexity index is 535. The van der Waals surface area contributed by atoms with Crippen LogP contribution >= 0.6 is 0 Å². The second kappa shape index (κ2) is 5.65. The van der Waals surface area contributed by atoms with E-state index in [9.17, 15) is 9.18 Å². The Morgan fingerprint density at radius 1 is 0.909 bits per heavy atom. The van der Waals surface area contributed by atoms with Crippen molar-refractivity contribution in [1.29, 1.82) is 0 Å². The molecule has 0 aromatic heterocycles. The molecule has 0 spiro atoms. The Morgan fingerprint density at radius 2 is 1.50 bits per heavy atom. The molecule has 0 amide bonds. The van der Waals surface area contributed by atoms with Gasteiger partial charge in [-0.05, 0) is 48.9 Å². The fraction of sp³-hybridized carbons (Fsp3) is 0.611. The molecule has 1 saturated heterocycles. The minimum absolute atomic E-state index is 0.172. The van der Waals surface area contributed by atoms with Gasteiger partial charge in [0.15, 0.2) is 0 Å². The van der Waals surface area contributed by atoms with Crippen LogP contribution in [0.3, 0.4) is 0 Å². The lowest BCUT2D eigenvalue weighted by molar-refractivity contribution is -0.117.